The van der Waals surface area contributed by atoms with Crippen molar-refractivity contribution in [3.8, 4) is 11.5 Å². The number of hydrogen-bond acceptors (Lipinski definition) is 7. The molecule has 0 aliphatic rings. The lowest BCUT2D eigenvalue weighted by atomic mass is 10.2. The van der Waals surface area contributed by atoms with Gasteiger partial charge in [0, 0.05) is 20.0 Å². The van der Waals surface area contributed by atoms with Crippen LogP contribution in [-0.2, 0) is 14.8 Å². The molecule has 0 saturated heterocycles. The summed E-state index contributed by atoms with van der Waals surface area (Å²) in [6.07, 6.45) is -0.0355. The summed E-state index contributed by atoms with van der Waals surface area (Å²) in [7, 11) is -1.15. The maximum atomic E-state index is 13.0. The Balaban J connectivity index is 1.94. The molecule has 0 fully saturated rings. The number of nitro groups is 1. The van der Waals surface area contributed by atoms with Crippen LogP contribution in [0.15, 0.2) is 47.4 Å². The van der Waals surface area contributed by atoms with E-state index < -0.39 is 32.4 Å². The minimum Gasteiger partial charge on any atom is -0.496 e. The van der Waals surface area contributed by atoms with Crippen LogP contribution in [0.1, 0.15) is 12.8 Å². The minimum atomic E-state index is -3.83. The summed E-state index contributed by atoms with van der Waals surface area (Å²) in [5.41, 5.74) is -0.422. The topological polar surface area (TPSA) is 116 Å². The summed E-state index contributed by atoms with van der Waals surface area (Å²) in [5, 5.41) is 11.1. The van der Waals surface area contributed by atoms with Gasteiger partial charge in [-0.15, -0.1) is 0 Å². The maximum Gasteiger partial charge on any atom is 0.315 e. The molecular weight excluding hydrogens is 407 g/mol. The lowest BCUT2D eigenvalue weighted by molar-refractivity contribution is -0.385. The number of hydrogen-bond donors (Lipinski definition) is 0. The average molecular weight is 426 g/mol. The second-order valence-electron chi connectivity index (χ2n) is 5.95. The molecule has 0 amide bonds. The van der Waals surface area contributed by atoms with Gasteiger partial charge < -0.3 is 9.47 Å². The predicted octanol–water partition coefficient (Wildman–Crippen LogP) is 2.75. The molecule has 0 spiro atoms. The monoisotopic (exact) mass is 426 g/mol. The van der Waals surface area contributed by atoms with Gasteiger partial charge in [0.05, 0.1) is 23.0 Å². The molecule has 0 aliphatic heterocycles. The summed E-state index contributed by atoms with van der Waals surface area (Å²) in [6.45, 7) is -0.000481. The first-order valence-corrected chi connectivity index (χ1v) is 9.84. The molecule has 0 N–H and O–H groups in total. The molecule has 0 radical (unpaired) electrons. The van der Waals surface area contributed by atoms with E-state index in [1.165, 1.54) is 26.3 Å². The van der Waals surface area contributed by atoms with Gasteiger partial charge in [0.1, 0.15) is 11.6 Å². The maximum absolute atomic E-state index is 13.0. The molecule has 2 rings (SSSR count). The Hall–Kier alpha value is -3.05. The number of esters is 1. The molecule has 29 heavy (non-hydrogen) atoms. The van der Waals surface area contributed by atoms with Gasteiger partial charge in [0.2, 0.25) is 15.8 Å². The molecule has 2 aromatic rings. The SMILES string of the molecule is COc1ccc(OC(=O)CCCN(C)S(=O)(=O)c2ccc(F)cc2)c([N+](=O)[O-])c1. The minimum absolute atomic E-state index is 0.000481. The Morgan fingerprint density at radius 2 is 1.86 bits per heavy atom. The Labute approximate surface area is 166 Å². The molecule has 0 heterocycles. The number of sulfonamides is 1. The van der Waals surface area contributed by atoms with Crippen molar-refractivity contribution in [2.24, 2.45) is 0 Å². The lowest BCUT2D eigenvalue weighted by Crippen LogP contribution is -2.28. The van der Waals surface area contributed by atoms with Crippen molar-refractivity contribution >= 4 is 21.7 Å². The standard InChI is InChI=1S/C18H19FN2O7S/c1-20(29(25,26)15-8-5-13(19)6-9-15)11-3-4-18(22)28-17-10-7-14(27-2)12-16(17)21(23)24/h5-10,12H,3-4,11H2,1-2H3. The Bertz CT molecular complexity index is 994. The normalized spacial score (nSPS) is 11.3. The van der Waals surface area contributed by atoms with Crippen molar-refractivity contribution in [3.05, 3.63) is 58.4 Å². The van der Waals surface area contributed by atoms with Crippen molar-refractivity contribution in [3.63, 3.8) is 0 Å². The van der Waals surface area contributed by atoms with Crippen LogP contribution in [0.4, 0.5) is 10.1 Å². The molecule has 0 aromatic heterocycles. The largest absolute Gasteiger partial charge is 0.496 e. The van der Waals surface area contributed by atoms with E-state index in [0.29, 0.717) is 0 Å². The zero-order valence-corrected chi connectivity index (χ0v) is 16.5. The van der Waals surface area contributed by atoms with Crippen LogP contribution in [-0.4, -0.2) is 44.3 Å². The van der Waals surface area contributed by atoms with Crippen LogP contribution < -0.4 is 9.47 Å². The predicted molar refractivity (Wildman–Crippen MR) is 101 cm³/mol. The first-order valence-electron chi connectivity index (χ1n) is 8.40. The average Bonchev–Trinajstić information content (AvgIpc) is 2.68. The van der Waals surface area contributed by atoms with Gasteiger partial charge in [-0.2, -0.15) is 0 Å². The second-order valence-corrected chi connectivity index (χ2v) is 7.99. The number of benzene rings is 2. The highest BCUT2D eigenvalue weighted by molar-refractivity contribution is 7.89. The quantitative estimate of drug-likeness (QED) is 0.262. The number of halogens is 1. The van der Waals surface area contributed by atoms with Crippen molar-refractivity contribution in [1.82, 2.24) is 4.31 Å². The van der Waals surface area contributed by atoms with Crippen LogP contribution in [0.25, 0.3) is 0 Å². The fourth-order valence-corrected chi connectivity index (χ4v) is 3.59. The van der Waals surface area contributed by atoms with Gasteiger partial charge in [0.15, 0.2) is 0 Å². The van der Waals surface area contributed by atoms with Crippen molar-refractivity contribution < 1.29 is 32.0 Å². The number of carbonyl (C=O) groups excluding carboxylic acids is 1. The van der Waals surface area contributed by atoms with Crippen molar-refractivity contribution in [2.45, 2.75) is 17.7 Å². The van der Waals surface area contributed by atoms with E-state index in [-0.39, 0.29) is 35.8 Å². The molecule has 11 heteroatoms. The second kappa shape index (κ2) is 9.43. The number of nitro benzene ring substituents is 1. The van der Waals surface area contributed by atoms with E-state index in [1.54, 1.807) is 0 Å². The van der Waals surface area contributed by atoms with Crippen molar-refractivity contribution in [2.75, 3.05) is 20.7 Å². The Morgan fingerprint density at radius 3 is 2.45 bits per heavy atom. The highest BCUT2D eigenvalue weighted by Gasteiger charge is 2.22. The van der Waals surface area contributed by atoms with E-state index in [4.69, 9.17) is 9.47 Å². The molecule has 0 unspecified atom stereocenters. The third-order valence-corrected chi connectivity index (χ3v) is 5.83. The third-order valence-electron chi connectivity index (χ3n) is 3.96. The van der Waals surface area contributed by atoms with Gasteiger partial charge in [0.25, 0.3) is 0 Å². The smallest absolute Gasteiger partial charge is 0.315 e. The van der Waals surface area contributed by atoms with Crippen LogP contribution in [0.2, 0.25) is 0 Å². The first-order chi connectivity index (χ1) is 13.6. The molecule has 0 aliphatic carbocycles. The van der Waals surface area contributed by atoms with Gasteiger partial charge in [-0.3, -0.25) is 14.9 Å². The molecule has 0 bridgehead atoms. The van der Waals surface area contributed by atoms with Gasteiger partial charge in [-0.1, -0.05) is 0 Å². The molecule has 9 nitrogen and oxygen atoms in total. The Morgan fingerprint density at radius 1 is 1.21 bits per heavy atom. The molecule has 0 atom stereocenters. The number of methoxy groups -OCH3 is 1. The fourth-order valence-electron chi connectivity index (χ4n) is 2.38. The van der Waals surface area contributed by atoms with Gasteiger partial charge in [-0.05, 0) is 42.8 Å². The van der Waals surface area contributed by atoms with Crippen LogP contribution >= 0.6 is 0 Å². The fraction of sp³-hybridized carbons (Fsp3) is 0.278. The van der Waals surface area contributed by atoms with E-state index in [2.05, 4.69) is 0 Å². The van der Waals surface area contributed by atoms with Crippen molar-refractivity contribution in [1.29, 1.82) is 0 Å². The number of rotatable bonds is 9. The lowest BCUT2D eigenvalue weighted by Gasteiger charge is -2.17. The van der Waals surface area contributed by atoms with Crippen LogP contribution in [0.3, 0.4) is 0 Å². The van der Waals surface area contributed by atoms with Gasteiger partial charge >= 0.3 is 11.7 Å². The molecule has 156 valence electrons. The molecule has 2 aromatic carbocycles. The van der Waals surface area contributed by atoms with E-state index in [0.717, 1.165) is 34.6 Å². The highest BCUT2D eigenvalue weighted by atomic mass is 32.2. The number of nitrogens with zero attached hydrogens (tertiary/aromatic N) is 2. The zero-order chi connectivity index (χ0) is 21.6. The highest BCUT2D eigenvalue weighted by Crippen LogP contribution is 2.31. The number of ether oxygens (including phenoxy) is 2. The summed E-state index contributed by atoms with van der Waals surface area (Å²) in [5.74, 6) is -1.29. The van der Waals surface area contributed by atoms with E-state index in [9.17, 15) is 27.7 Å². The molecular formula is C18H19FN2O7S. The zero-order valence-electron chi connectivity index (χ0n) is 15.7. The first kappa shape index (κ1) is 22.2. The van der Waals surface area contributed by atoms with Crippen LogP contribution in [0.5, 0.6) is 11.5 Å². The Kier molecular flexibility index (Phi) is 7.23. The number of carbonyl (C=O) groups is 1. The van der Waals surface area contributed by atoms with E-state index in [1.807, 2.05) is 0 Å². The van der Waals surface area contributed by atoms with E-state index >= 15 is 0 Å². The summed E-state index contributed by atoms with van der Waals surface area (Å²) < 4.78 is 48.7. The summed E-state index contributed by atoms with van der Waals surface area (Å²) in [4.78, 5) is 22.3. The summed E-state index contributed by atoms with van der Waals surface area (Å²) >= 11 is 0. The summed E-state index contributed by atoms with van der Waals surface area (Å²) in [6, 6.07) is 8.18. The third kappa shape index (κ3) is 5.72. The van der Waals surface area contributed by atoms with Gasteiger partial charge in [-0.25, -0.2) is 17.1 Å². The van der Waals surface area contributed by atoms with Crippen LogP contribution in [0, 0.1) is 15.9 Å². The molecule has 0 saturated carbocycles.